The minimum Gasteiger partial charge on any atom is -0.496 e. The number of hydrogen-bond acceptors (Lipinski definition) is 3. The van der Waals surface area contributed by atoms with Gasteiger partial charge >= 0.3 is 0 Å². The fraction of sp³-hybridized carbons (Fsp3) is 0.158. The number of nitrogens with zero attached hydrogens (tertiary/aromatic N) is 3. The van der Waals surface area contributed by atoms with Gasteiger partial charge in [0.2, 0.25) is 0 Å². The van der Waals surface area contributed by atoms with E-state index in [0.29, 0.717) is 12.3 Å². The highest BCUT2D eigenvalue weighted by atomic mass is 19.1. The lowest BCUT2D eigenvalue weighted by Gasteiger charge is -2.18. The average Bonchev–Trinajstić information content (AvgIpc) is 3.10. The third-order valence-corrected chi connectivity index (χ3v) is 3.82. The summed E-state index contributed by atoms with van der Waals surface area (Å²) in [4.78, 5) is 14.1. The zero-order valence-electron chi connectivity index (χ0n) is 14.0. The first-order valence-corrected chi connectivity index (χ1v) is 7.76. The molecular weight excluding hydrogens is 321 g/mol. The highest BCUT2D eigenvalue weighted by Crippen LogP contribution is 2.21. The second-order valence-corrected chi connectivity index (χ2v) is 5.63. The van der Waals surface area contributed by atoms with Crippen molar-refractivity contribution in [3.05, 3.63) is 77.9 Å². The van der Waals surface area contributed by atoms with Gasteiger partial charge in [0.1, 0.15) is 11.6 Å². The summed E-state index contributed by atoms with van der Waals surface area (Å²) >= 11 is 0. The molecule has 25 heavy (non-hydrogen) atoms. The molecule has 1 amide bonds. The molecule has 128 valence electrons. The minimum absolute atomic E-state index is 0.195. The predicted octanol–water partition coefficient (Wildman–Crippen LogP) is 3.29. The molecular formula is C19H18FN3O2. The van der Waals surface area contributed by atoms with Crippen molar-refractivity contribution in [2.75, 3.05) is 14.2 Å². The molecule has 0 fully saturated rings. The highest BCUT2D eigenvalue weighted by molar-refractivity contribution is 5.96. The van der Waals surface area contributed by atoms with E-state index in [1.807, 2.05) is 36.5 Å². The minimum atomic E-state index is -0.477. The molecule has 0 bridgehead atoms. The molecule has 0 aliphatic carbocycles. The van der Waals surface area contributed by atoms with Crippen LogP contribution in [-0.2, 0) is 6.54 Å². The fourth-order valence-corrected chi connectivity index (χ4v) is 2.56. The van der Waals surface area contributed by atoms with Crippen molar-refractivity contribution < 1.29 is 13.9 Å². The van der Waals surface area contributed by atoms with Crippen LogP contribution in [0.1, 0.15) is 15.9 Å². The predicted molar refractivity (Wildman–Crippen MR) is 92.3 cm³/mol. The van der Waals surface area contributed by atoms with Crippen molar-refractivity contribution in [3.63, 3.8) is 0 Å². The molecule has 2 aromatic carbocycles. The molecule has 0 atom stereocenters. The molecule has 3 rings (SSSR count). The second-order valence-electron chi connectivity index (χ2n) is 5.63. The van der Waals surface area contributed by atoms with Crippen molar-refractivity contribution in [2.45, 2.75) is 6.54 Å². The Morgan fingerprint density at radius 3 is 2.72 bits per heavy atom. The van der Waals surface area contributed by atoms with E-state index in [4.69, 9.17) is 4.74 Å². The van der Waals surface area contributed by atoms with Crippen LogP contribution < -0.4 is 4.74 Å². The summed E-state index contributed by atoms with van der Waals surface area (Å²) in [6, 6.07) is 13.6. The van der Waals surface area contributed by atoms with Crippen LogP contribution in [0.25, 0.3) is 5.69 Å². The van der Waals surface area contributed by atoms with Gasteiger partial charge in [0.05, 0.1) is 24.6 Å². The van der Waals surface area contributed by atoms with Gasteiger partial charge in [-0.05, 0) is 30.3 Å². The molecule has 0 radical (unpaired) electrons. The number of halogens is 1. The summed E-state index contributed by atoms with van der Waals surface area (Å²) in [5, 5.41) is 4.31. The Hall–Kier alpha value is -3.15. The number of ether oxygens (including phenoxy) is 1. The molecule has 1 heterocycles. The second kappa shape index (κ2) is 7.17. The molecule has 0 spiro atoms. The lowest BCUT2D eigenvalue weighted by Crippen LogP contribution is -2.26. The number of benzene rings is 2. The summed E-state index contributed by atoms with van der Waals surface area (Å²) < 4.78 is 20.4. The van der Waals surface area contributed by atoms with Gasteiger partial charge in [-0.15, -0.1) is 0 Å². The third-order valence-electron chi connectivity index (χ3n) is 3.82. The Bertz CT molecular complexity index is 877. The summed E-state index contributed by atoms with van der Waals surface area (Å²) in [6.45, 7) is 0.353. The fourth-order valence-electron chi connectivity index (χ4n) is 2.56. The van der Waals surface area contributed by atoms with Crippen molar-refractivity contribution in [1.82, 2.24) is 14.7 Å². The largest absolute Gasteiger partial charge is 0.496 e. The van der Waals surface area contributed by atoms with Crippen molar-refractivity contribution >= 4 is 5.91 Å². The summed E-state index contributed by atoms with van der Waals surface area (Å²) in [5.74, 6) is -0.448. The maximum Gasteiger partial charge on any atom is 0.257 e. The first kappa shape index (κ1) is 16.7. The van der Waals surface area contributed by atoms with Gasteiger partial charge in [0, 0.05) is 25.4 Å². The maximum absolute atomic E-state index is 13.5. The van der Waals surface area contributed by atoms with E-state index in [9.17, 15) is 9.18 Å². The van der Waals surface area contributed by atoms with Gasteiger partial charge < -0.3 is 9.64 Å². The SMILES string of the molecule is COc1ccc(F)cc1C(=O)N(C)Cc1cnn(-c2ccccc2)c1. The van der Waals surface area contributed by atoms with Crippen LogP contribution in [0.15, 0.2) is 60.9 Å². The van der Waals surface area contributed by atoms with Crippen LogP contribution in [0.4, 0.5) is 4.39 Å². The van der Waals surface area contributed by atoms with E-state index in [1.165, 1.54) is 30.2 Å². The maximum atomic E-state index is 13.5. The van der Waals surface area contributed by atoms with Gasteiger partial charge in [-0.25, -0.2) is 9.07 Å². The smallest absolute Gasteiger partial charge is 0.257 e. The summed E-state index contributed by atoms with van der Waals surface area (Å²) in [7, 11) is 3.11. The molecule has 0 aliphatic rings. The van der Waals surface area contributed by atoms with Gasteiger partial charge in [-0.3, -0.25) is 4.79 Å². The number of aromatic nitrogens is 2. The Morgan fingerprint density at radius 1 is 1.24 bits per heavy atom. The quantitative estimate of drug-likeness (QED) is 0.717. The van der Waals surface area contributed by atoms with Gasteiger partial charge in [0.25, 0.3) is 5.91 Å². The molecule has 1 aromatic heterocycles. The Labute approximate surface area is 145 Å². The number of rotatable bonds is 5. The molecule has 6 heteroatoms. The van der Waals surface area contributed by atoms with Crippen LogP contribution in [0.5, 0.6) is 5.75 Å². The van der Waals surface area contributed by atoms with Crippen LogP contribution >= 0.6 is 0 Å². The van der Waals surface area contributed by atoms with Gasteiger partial charge in [0.15, 0.2) is 0 Å². The summed E-state index contributed by atoms with van der Waals surface area (Å²) in [5.41, 5.74) is 2.00. The Kier molecular flexibility index (Phi) is 4.79. The van der Waals surface area contributed by atoms with Crippen LogP contribution in [0.2, 0.25) is 0 Å². The topological polar surface area (TPSA) is 47.4 Å². The van der Waals surface area contributed by atoms with Crippen LogP contribution in [0.3, 0.4) is 0 Å². The summed E-state index contributed by atoms with van der Waals surface area (Å²) in [6.07, 6.45) is 3.57. The highest BCUT2D eigenvalue weighted by Gasteiger charge is 2.18. The Balaban J connectivity index is 1.76. The number of para-hydroxylation sites is 1. The van der Waals surface area contributed by atoms with E-state index in [-0.39, 0.29) is 11.5 Å². The molecule has 0 saturated heterocycles. The first-order chi connectivity index (χ1) is 12.1. The Morgan fingerprint density at radius 2 is 2.00 bits per heavy atom. The number of hydrogen-bond donors (Lipinski definition) is 0. The average molecular weight is 339 g/mol. The van der Waals surface area contributed by atoms with Gasteiger partial charge in [-0.1, -0.05) is 18.2 Å². The van der Waals surface area contributed by atoms with Crippen LogP contribution in [-0.4, -0.2) is 34.7 Å². The molecule has 5 nitrogen and oxygen atoms in total. The van der Waals surface area contributed by atoms with Crippen molar-refractivity contribution in [3.8, 4) is 11.4 Å². The van der Waals surface area contributed by atoms with E-state index in [1.54, 1.807) is 17.9 Å². The number of amides is 1. The number of methoxy groups -OCH3 is 1. The molecule has 0 N–H and O–H groups in total. The molecule has 0 unspecified atom stereocenters. The van der Waals surface area contributed by atoms with E-state index in [0.717, 1.165) is 11.3 Å². The van der Waals surface area contributed by atoms with Crippen molar-refractivity contribution in [2.24, 2.45) is 0 Å². The van der Waals surface area contributed by atoms with E-state index < -0.39 is 5.82 Å². The van der Waals surface area contributed by atoms with Crippen LogP contribution in [0, 0.1) is 5.82 Å². The third kappa shape index (κ3) is 3.68. The zero-order chi connectivity index (χ0) is 17.8. The first-order valence-electron chi connectivity index (χ1n) is 7.76. The lowest BCUT2D eigenvalue weighted by atomic mass is 10.1. The van der Waals surface area contributed by atoms with E-state index >= 15 is 0 Å². The normalized spacial score (nSPS) is 10.5. The standard InChI is InChI=1S/C19H18FN3O2/c1-22(19(24)17-10-15(20)8-9-18(17)25-2)12-14-11-21-23(13-14)16-6-4-3-5-7-16/h3-11,13H,12H2,1-2H3. The molecule has 0 aliphatic heterocycles. The molecule has 3 aromatic rings. The lowest BCUT2D eigenvalue weighted by molar-refractivity contribution is 0.0781. The van der Waals surface area contributed by atoms with Crippen molar-refractivity contribution in [1.29, 1.82) is 0 Å². The number of carbonyl (C=O) groups excluding carboxylic acids is 1. The zero-order valence-corrected chi connectivity index (χ0v) is 14.0. The monoisotopic (exact) mass is 339 g/mol. The molecule has 0 saturated carbocycles. The van der Waals surface area contributed by atoms with E-state index in [2.05, 4.69) is 5.10 Å². The van der Waals surface area contributed by atoms with Gasteiger partial charge in [-0.2, -0.15) is 5.10 Å². The number of carbonyl (C=O) groups is 1.